The summed E-state index contributed by atoms with van der Waals surface area (Å²) in [6, 6.07) is -0.0703. The van der Waals surface area contributed by atoms with Crippen molar-refractivity contribution in [3.8, 4) is 0 Å². The molecule has 2 saturated heterocycles. The van der Waals surface area contributed by atoms with E-state index in [2.05, 4.69) is 4.74 Å². The highest BCUT2D eigenvalue weighted by molar-refractivity contribution is 6.08. The third-order valence-corrected chi connectivity index (χ3v) is 2.85. The van der Waals surface area contributed by atoms with Crippen molar-refractivity contribution in [2.24, 2.45) is 5.92 Å². The fourth-order valence-corrected chi connectivity index (χ4v) is 2.15. The van der Waals surface area contributed by atoms with Crippen molar-refractivity contribution >= 4 is 17.8 Å². The van der Waals surface area contributed by atoms with Crippen molar-refractivity contribution in [1.82, 2.24) is 11.1 Å². The molecule has 2 atom stereocenters. The van der Waals surface area contributed by atoms with Gasteiger partial charge in [0.05, 0.1) is 7.11 Å². The second-order valence-electron chi connectivity index (χ2n) is 3.61. The van der Waals surface area contributed by atoms with Crippen molar-refractivity contribution in [2.75, 3.05) is 7.11 Å². The van der Waals surface area contributed by atoms with Crippen molar-refractivity contribution in [2.45, 2.75) is 25.3 Å². The van der Waals surface area contributed by atoms with Gasteiger partial charge in [-0.1, -0.05) is 0 Å². The monoisotopic (exact) mass is 214 g/mol. The molecule has 15 heavy (non-hydrogen) atoms. The lowest BCUT2D eigenvalue weighted by molar-refractivity contribution is -0.151. The lowest BCUT2D eigenvalue weighted by atomic mass is 10.0. The predicted octanol–water partition coefficient (Wildman–Crippen LogP) is -0.141. The maximum Gasteiger partial charge on any atom is 0.318 e. The van der Waals surface area contributed by atoms with E-state index in [0.29, 0.717) is 19.3 Å². The predicted molar refractivity (Wildman–Crippen MR) is 50.0 cm³/mol. The Kier molecular flexibility index (Phi) is 3.09. The molecule has 2 amide bonds. The van der Waals surface area contributed by atoms with Crippen LogP contribution in [0.25, 0.3) is 0 Å². The Labute approximate surface area is 87.1 Å². The summed E-state index contributed by atoms with van der Waals surface area (Å²) in [7, 11) is 1.25. The van der Waals surface area contributed by atoms with Crippen molar-refractivity contribution in [1.29, 1.82) is 0 Å². The summed E-state index contributed by atoms with van der Waals surface area (Å²) in [4.78, 5) is 35.3. The van der Waals surface area contributed by atoms with Gasteiger partial charge in [-0.3, -0.25) is 19.3 Å². The number of hydrogen-bond donors (Lipinski definition) is 1. The summed E-state index contributed by atoms with van der Waals surface area (Å²) in [5.74, 6) is -1.83. The zero-order valence-electron chi connectivity index (χ0n) is 8.56. The summed E-state index contributed by atoms with van der Waals surface area (Å²) in [5.41, 5.74) is 0. The van der Waals surface area contributed by atoms with Crippen LogP contribution in [0.15, 0.2) is 0 Å². The first kappa shape index (κ1) is 11.6. The zero-order chi connectivity index (χ0) is 10.3. The van der Waals surface area contributed by atoms with E-state index >= 15 is 0 Å². The lowest BCUT2D eigenvalue weighted by Gasteiger charge is -2.11. The number of hydrogen-bond acceptors (Lipinski definition) is 5. The standard InChI is InChI=1S/C9H11NO4.H3N/c1-14-9(13)6-4-5-2-3-7(11)10(5)8(6)12;/h5-6H,2-4H2,1H3;1H3. The average Bonchev–Trinajstić information content (AvgIpc) is 2.68. The second-order valence-corrected chi connectivity index (χ2v) is 3.61. The molecule has 0 aromatic heterocycles. The highest BCUT2D eigenvalue weighted by Crippen LogP contribution is 2.33. The zero-order valence-corrected chi connectivity index (χ0v) is 8.56. The maximum absolute atomic E-state index is 11.6. The Balaban J connectivity index is 0.00000112. The van der Waals surface area contributed by atoms with Crippen LogP contribution in [0.3, 0.4) is 0 Å². The largest absolute Gasteiger partial charge is 0.468 e. The molecule has 2 rings (SSSR count). The smallest absolute Gasteiger partial charge is 0.318 e. The molecule has 84 valence electrons. The highest BCUT2D eigenvalue weighted by atomic mass is 16.5. The van der Waals surface area contributed by atoms with E-state index in [-0.39, 0.29) is 24.0 Å². The number of rotatable bonds is 1. The molecule has 6 nitrogen and oxygen atoms in total. The van der Waals surface area contributed by atoms with Gasteiger partial charge in [-0.25, -0.2) is 0 Å². The van der Waals surface area contributed by atoms with Gasteiger partial charge in [0.2, 0.25) is 11.8 Å². The summed E-state index contributed by atoms with van der Waals surface area (Å²) >= 11 is 0. The average molecular weight is 214 g/mol. The number of methoxy groups -OCH3 is 1. The minimum atomic E-state index is -0.755. The molecule has 6 heteroatoms. The van der Waals surface area contributed by atoms with E-state index < -0.39 is 11.9 Å². The summed E-state index contributed by atoms with van der Waals surface area (Å²) in [5, 5.41) is 0. The fourth-order valence-electron chi connectivity index (χ4n) is 2.15. The Morgan fingerprint density at radius 1 is 1.47 bits per heavy atom. The first-order chi connectivity index (χ1) is 6.65. The molecule has 0 aliphatic carbocycles. The van der Waals surface area contributed by atoms with Crippen LogP contribution < -0.4 is 6.15 Å². The molecule has 0 spiro atoms. The molecular formula is C9H14N2O4. The molecule has 2 heterocycles. The number of ether oxygens (including phenoxy) is 1. The molecule has 0 radical (unpaired) electrons. The van der Waals surface area contributed by atoms with Gasteiger partial charge in [-0.15, -0.1) is 0 Å². The second kappa shape index (κ2) is 3.98. The molecule has 0 aromatic rings. The number of carbonyl (C=O) groups is 3. The van der Waals surface area contributed by atoms with Gasteiger partial charge in [0.15, 0.2) is 0 Å². The van der Waals surface area contributed by atoms with Crippen molar-refractivity contribution in [3.63, 3.8) is 0 Å². The normalized spacial score (nSPS) is 28.7. The molecule has 2 aliphatic heterocycles. The molecule has 0 aromatic carbocycles. The number of esters is 1. The van der Waals surface area contributed by atoms with Crippen LogP contribution in [0.2, 0.25) is 0 Å². The van der Waals surface area contributed by atoms with E-state index in [0.717, 1.165) is 0 Å². The minimum Gasteiger partial charge on any atom is -0.468 e. The highest BCUT2D eigenvalue weighted by Gasteiger charge is 2.49. The van der Waals surface area contributed by atoms with Gasteiger partial charge in [-0.05, 0) is 12.8 Å². The van der Waals surface area contributed by atoms with Gasteiger partial charge < -0.3 is 10.9 Å². The summed E-state index contributed by atoms with van der Waals surface area (Å²) < 4.78 is 4.51. The van der Waals surface area contributed by atoms with Crippen LogP contribution in [-0.2, 0) is 19.1 Å². The molecule has 2 unspecified atom stereocenters. The van der Waals surface area contributed by atoms with Gasteiger partial charge in [-0.2, -0.15) is 0 Å². The van der Waals surface area contributed by atoms with Crippen LogP contribution in [0.1, 0.15) is 19.3 Å². The van der Waals surface area contributed by atoms with Gasteiger partial charge in [0.1, 0.15) is 5.92 Å². The van der Waals surface area contributed by atoms with E-state index in [9.17, 15) is 14.4 Å². The molecule has 2 fully saturated rings. The third-order valence-electron chi connectivity index (χ3n) is 2.85. The van der Waals surface area contributed by atoms with E-state index in [1.54, 1.807) is 0 Å². The number of nitrogens with zero attached hydrogens (tertiary/aromatic N) is 1. The van der Waals surface area contributed by atoms with Crippen LogP contribution >= 0.6 is 0 Å². The molecule has 0 bridgehead atoms. The number of imide groups is 1. The Hall–Kier alpha value is -1.43. The molecular weight excluding hydrogens is 200 g/mol. The minimum absolute atomic E-state index is 0. The molecule has 2 aliphatic rings. The number of fused-ring (bicyclic) bond motifs is 1. The van der Waals surface area contributed by atoms with E-state index in [1.165, 1.54) is 12.0 Å². The Morgan fingerprint density at radius 2 is 2.13 bits per heavy atom. The van der Waals surface area contributed by atoms with Crippen LogP contribution in [-0.4, -0.2) is 35.8 Å². The Morgan fingerprint density at radius 3 is 2.67 bits per heavy atom. The first-order valence-corrected chi connectivity index (χ1v) is 4.59. The molecule has 0 saturated carbocycles. The van der Waals surface area contributed by atoms with Gasteiger partial charge in [0, 0.05) is 12.5 Å². The number of amides is 2. The topological polar surface area (TPSA) is 98.7 Å². The SMILES string of the molecule is COC(=O)C1CC2CCC(=O)N2C1=O.N. The van der Waals surface area contributed by atoms with E-state index in [4.69, 9.17) is 0 Å². The van der Waals surface area contributed by atoms with Crippen LogP contribution in [0.5, 0.6) is 0 Å². The lowest BCUT2D eigenvalue weighted by Crippen LogP contribution is -2.34. The number of carbonyl (C=O) groups excluding carboxylic acids is 3. The van der Waals surface area contributed by atoms with Gasteiger partial charge >= 0.3 is 5.97 Å². The summed E-state index contributed by atoms with van der Waals surface area (Å²) in [6.45, 7) is 0. The van der Waals surface area contributed by atoms with E-state index in [1.807, 2.05) is 0 Å². The van der Waals surface area contributed by atoms with Gasteiger partial charge in [0.25, 0.3) is 0 Å². The molecule has 3 N–H and O–H groups in total. The van der Waals surface area contributed by atoms with Crippen molar-refractivity contribution < 1.29 is 19.1 Å². The maximum atomic E-state index is 11.6. The Bertz CT molecular complexity index is 315. The summed E-state index contributed by atoms with van der Waals surface area (Å²) in [6.07, 6.45) is 1.53. The first-order valence-electron chi connectivity index (χ1n) is 4.59. The fraction of sp³-hybridized carbons (Fsp3) is 0.667. The van der Waals surface area contributed by atoms with Crippen LogP contribution in [0.4, 0.5) is 0 Å². The van der Waals surface area contributed by atoms with Crippen LogP contribution in [0, 0.1) is 5.92 Å². The third kappa shape index (κ3) is 1.61. The van der Waals surface area contributed by atoms with Crippen molar-refractivity contribution in [3.05, 3.63) is 0 Å². The quantitative estimate of drug-likeness (QED) is 0.372.